The first-order valence-corrected chi connectivity index (χ1v) is 6.65. The lowest BCUT2D eigenvalue weighted by molar-refractivity contribution is -0.126. The van der Waals surface area contributed by atoms with Crippen LogP contribution in [0.15, 0.2) is 59.1 Å². The maximum atomic E-state index is 12.3. The highest BCUT2D eigenvalue weighted by atomic mass is 79.9. The molecule has 1 atom stereocenters. The molecule has 4 heteroatoms. The van der Waals surface area contributed by atoms with E-state index in [9.17, 15) is 9.90 Å². The third-order valence-corrected chi connectivity index (χ3v) is 3.56. The van der Waals surface area contributed by atoms with Crippen molar-refractivity contribution < 1.29 is 9.90 Å². The van der Waals surface area contributed by atoms with Gasteiger partial charge >= 0.3 is 0 Å². The normalized spacial score (nSPS) is 11.9. The Hall–Kier alpha value is -1.65. The number of aliphatic hydroxyl groups is 1. The number of carbonyl (C=O) groups is 1. The molecule has 1 amide bonds. The molecular formula is C15H14BrNO2. The Kier molecular flexibility index (Phi) is 4.35. The summed E-state index contributed by atoms with van der Waals surface area (Å²) in [7, 11) is 1.65. The molecule has 1 N–H and O–H groups in total. The molecule has 0 aliphatic carbocycles. The van der Waals surface area contributed by atoms with Crippen molar-refractivity contribution in [1.82, 2.24) is 0 Å². The smallest absolute Gasteiger partial charge is 0.260 e. The van der Waals surface area contributed by atoms with Gasteiger partial charge < -0.3 is 10.0 Å². The molecule has 0 aliphatic heterocycles. The van der Waals surface area contributed by atoms with Crippen LogP contribution >= 0.6 is 15.9 Å². The first kappa shape index (κ1) is 13.8. The third-order valence-electron chi connectivity index (χ3n) is 2.89. The van der Waals surface area contributed by atoms with E-state index < -0.39 is 6.10 Å². The number of hydrogen-bond acceptors (Lipinski definition) is 2. The van der Waals surface area contributed by atoms with E-state index >= 15 is 0 Å². The van der Waals surface area contributed by atoms with Crippen molar-refractivity contribution in [1.29, 1.82) is 0 Å². The Morgan fingerprint density at radius 2 is 1.68 bits per heavy atom. The van der Waals surface area contributed by atoms with E-state index in [4.69, 9.17) is 0 Å². The van der Waals surface area contributed by atoms with Crippen LogP contribution in [0.25, 0.3) is 0 Å². The first-order chi connectivity index (χ1) is 9.11. The minimum absolute atomic E-state index is 0.363. The van der Waals surface area contributed by atoms with Crippen LogP contribution in [-0.4, -0.2) is 18.1 Å². The maximum absolute atomic E-state index is 12.3. The summed E-state index contributed by atoms with van der Waals surface area (Å²) in [5.41, 5.74) is 1.31. The summed E-state index contributed by atoms with van der Waals surface area (Å²) in [4.78, 5) is 13.7. The van der Waals surface area contributed by atoms with Crippen molar-refractivity contribution in [3.05, 3.63) is 64.6 Å². The maximum Gasteiger partial charge on any atom is 0.260 e. The van der Waals surface area contributed by atoms with Crippen LogP contribution in [0.5, 0.6) is 0 Å². The van der Waals surface area contributed by atoms with E-state index in [1.54, 1.807) is 31.3 Å². The minimum Gasteiger partial charge on any atom is -0.378 e. The highest BCUT2D eigenvalue weighted by Gasteiger charge is 2.22. The van der Waals surface area contributed by atoms with Gasteiger partial charge in [0.2, 0.25) is 0 Å². The van der Waals surface area contributed by atoms with Crippen LogP contribution in [0.1, 0.15) is 11.7 Å². The summed E-state index contributed by atoms with van der Waals surface area (Å²) in [6.07, 6.45) is -1.15. The molecule has 0 spiro atoms. The molecule has 0 unspecified atom stereocenters. The summed E-state index contributed by atoms with van der Waals surface area (Å²) in [6.45, 7) is 0. The van der Waals surface area contributed by atoms with Gasteiger partial charge in [-0.05, 0) is 33.6 Å². The zero-order valence-corrected chi connectivity index (χ0v) is 12.0. The molecule has 0 saturated heterocycles. The van der Waals surface area contributed by atoms with E-state index in [1.165, 1.54) is 4.90 Å². The largest absolute Gasteiger partial charge is 0.378 e. The number of aliphatic hydroxyl groups excluding tert-OH is 1. The molecule has 0 aliphatic rings. The Balaban J connectivity index is 2.23. The van der Waals surface area contributed by atoms with Gasteiger partial charge in [0.15, 0.2) is 6.10 Å². The molecule has 0 radical (unpaired) electrons. The van der Waals surface area contributed by atoms with Crippen molar-refractivity contribution in [2.24, 2.45) is 0 Å². The zero-order chi connectivity index (χ0) is 13.8. The van der Waals surface area contributed by atoms with Crippen LogP contribution in [0.4, 0.5) is 5.69 Å². The average Bonchev–Trinajstić information content (AvgIpc) is 2.46. The number of nitrogens with zero attached hydrogens (tertiary/aromatic N) is 1. The standard InChI is InChI=1S/C15H14BrNO2/c1-17(13-10-6-5-9-12(13)16)15(19)14(18)11-7-3-2-4-8-11/h2-10,14,18H,1H3/t14-/m0/s1. The number of para-hydroxylation sites is 1. The van der Waals surface area contributed by atoms with Crippen LogP contribution < -0.4 is 4.90 Å². The van der Waals surface area contributed by atoms with Gasteiger partial charge in [0, 0.05) is 11.5 Å². The molecule has 2 rings (SSSR count). The molecule has 2 aromatic carbocycles. The van der Waals surface area contributed by atoms with Gasteiger partial charge in [0.1, 0.15) is 0 Å². The molecule has 0 bridgehead atoms. The Morgan fingerprint density at radius 1 is 1.11 bits per heavy atom. The van der Waals surface area contributed by atoms with Crippen molar-refractivity contribution in [3.63, 3.8) is 0 Å². The van der Waals surface area contributed by atoms with Gasteiger partial charge in [-0.2, -0.15) is 0 Å². The Bertz CT molecular complexity index is 571. The summed E-state index contributed by atoms with van der Waals surface area (Å²) in [5, 5.41) is 10.1. The van der Waals surface area contributed by atoms with E-state index in [-0.39, 0.29) is 5.91 Å². The average molecular weight is 320 g/mol. The summed E-state index contributed by atoms with van der Waals surface area (Å²) >= 11 is 3.40. The zero-order valence-electron chi connectivity index (χ0n) is 10.5. The lowest BCUT2D eigenvalue weighted by Crippen LogP contribution is -2.31. The lowest BCUT2D eigenvalue weighted by Gasteiger charge is -2.22. The molecule has 0 aromatic heterocycles. The van der Waals surface area contributed by atoms with Gasteiger partial charge in [-0.15, -0.1) is 0 Å². The molecule has 3 nitrogen and oxygen atoms in total. The second-order valence-corrected chi connectivity index (χ2v) is 5.02. The number of amides is 1. The quantitative estimate of drug-likeness (QED) is 0.944. The second kappa shape index (κ2) is 5.99. The fourth-order valence-electron chi connectivity index (χ4n) is 1.80. The number of rotatable bonds is 3. The third kappa shape index (κ3) is 3.03. The number of halogens is 1. The van der Waals surface area contributed by atoms with E-state index in [0.717, 1.165) is 10.2 Å². The lowest BCUT2D eigenvalue weighted by atomic mass is 10.1. The first-order valence-electron chi connectivity index (χ1n) is 5.86. The topological polar surface area (TPSA) is 40.5 Å². The summed E-state index contributed by atoms with van der Waals surface area (Å²) < 4.78 is 0.811. The van der Waals surface area contributed by atoms with E-state index in [2.05, 4.69) is 15.9 Å². The summed E-state index contributed by atoms with van der Waals surface area (Å²) in [5.74, 6) is -0.363. The number of anilines is 1. The Labute approximate surface area is 120 Å². The molecule has 19 heavy (non-hydrogen) atoms. The van der Waals surface area contributed by atoms with E-state index in [1.807, 2.05) is 30.3 Å². The fraction of sp³-hybridized carbons (Fsp3) is 0.133. The van der Waals surface area contributed by atoms with Crippen LogP contribution in [0.3, 0.4) is 0 Å². The van der Waals surface area contributed by atoms with Crippen molar-refractivity contribution in [3.8, 4) is 0 Å². The van der Waals surface area contributed by atoms with Gasteiger partial charge in [0.25, 0.3) is 5.91 Å². The van der Waals surface area contributed by atoms with Gasteiger partial charge in [-0.25, -0.2) is 0 Å². The van der Waals surface area contributed by atoms with Gasteiger partial charge in [-0.3, -0.25) is 4.79 Å². The number of hydrogen-bond donors (Lipinski definition) is 1. The molecule has 0 heterocycles. The highest BCUT2D eigenvalue weighted by Crippen LogP contribution is 2.27. The molecular weight excluding hydrogens is 306 g/mol. The van der Waals surface area contributed by atoms with E-state index in [0.29, 0.717) is 5.56 Å². The predicted octanol–water partition coefficient (Wildman–Crippen LogP) is 3.15. The van der Waals surface area contributed by atoms with Gasteiger partial charge in [0.05, 0.1) is 5.69 Å². The van der Waals surface area contributed by atoms with Crippen molar-refractivity contribution in [2.75, 3.05) is 11.9 Å². The number of likely N-dealkylation sites (N-methyl/N-ethyl adjacent to an activating group) is 1. The van der Waals surface area contributed by atoms with Crippen LogP contribution in [-0.2, 0) is 4.79 Å². The van der Waals surface area contributed by atoms with Crippen LogP contribution in [0.2, 0.25) is 0 Å². The minimum atomic E-state index is -1.15. The monoisotopic (exact) mass is 319 g/mol. The Morgan fingerprint density at radius 3 is 2.32 bits per heavy atom. The van der Waals surface area contributed by atoms with Crippen molar-refractivity contribution >= 4 is 27.5 Å². The molecule has 0 saturated carbocycles. The second-order valence-electron chi connectivity index (χ2n) is 4.16. The SMILES string of the molecule is CN(C(=O)[C@@H](O)c1ccccc1)c1ccccc1Br. The van der Waals surface area contributed by atoms with Crippen molar-refractivity contribution in [2.45, 2.75) is 6.10 Å². The summed E-state index contributed by atoms with van der Waals surface area (Å²) in [6, 6.07) is 16.3. The van der Waals surface area contributed by atoms with Crippen LogP contribution in [0, 0.1) is 0 Å². The molecule has 2 aromatic rings. The van der Waals surface area contributed by atoms with Gasteiger partial charge in [-0.1, -0.05) is 42.5 Å². The fourth-order valence-corrected chi connectivity index (χ4v) is 2.35. The molecule has 0 fully saturated rings. The molecule has 98 valence electrons. The predicted molar refractivity (Wildman–Crippen MR) is 79.0 cm³/mol. The number of carbonyl (C=O) groups excluding carboxylic acids is 1. The number of benzene rings is 2. The highest BCUT2D eigenvalue weighted by molar-refractivity contribution is 9.10.